The molecule has 0 bridgehead atoms. The van der Waals surface area contributed by atoms with Gasteiger partial charge in [0.25, 0.3) is 0 Å². The lowest BCUT2D eigenvalue weighted by Gasteiger charge is -2.15. The molecule has 0 aliphatic carbocycles. The molecule has 1 amide bonds. The van der Waals surface area contributed by atoms with Crippen LogP contribution >= 0.6 is 0 Å². The van der Waals surface area contributed by atoms with Crippen molar-refractivity contribution in [3.63, 3.8) is 0 Å². The Hall–Kier alpha value is -2.58. The first-order valence-electron chi connectivity index (χ1n) is 8.27. The average molecular weight is 382 g/mol. The number of aliphatic hydroxyl groups is 1. The molecular weight excluding hydrogens is 361 g/mol. The molecular formula is C19H21F3N2O3. The van der Waals surface area contributed by atoms with Crippen molar-refractivity contribution in [1.29, 1.82) is 0 Å². The van der Waals surface area contributed by atoms with Crippen molar-refractivity contribution in [2.75, 3.05) is 13.7 Å². The topological polar surface area (TPSA) is 70.6 Å². The van der Waals surface area contributed by atoms with E-state index in [0.717, 1.165) is 17.7 Å². The van der Waals surface area contributed by atoms with Gasteiger partial charge in [0.1, 0.15) is 18.4 Å². The fourth-order valence-corrected chi connectivity index (χ4v) is 2.36. The van der Waals surface area contributed by atoms with Crippen LogP contribution in [0.5, 0.6) is 5.75 Å². The molecule has 8 heteroatoms. The molecule has 0 aromatic heterocycles. The van der Waals surface area contributed by atoms with Crippen molar-refractivity contribution < 1.29 is 27.8 Å². The smallest absolute Gasteiger partial charge is 0.416 e. The van der Waals surface area contributed by atoms with Crippen molar-refractivity contribution in [3.8, 4) is 5.75 Å². The summed E-state index contributed by atoms with van der Waals surface area (Å²) in [5.41, 5.74) is 0.579. The quantitative estimate of drug-likeness (QED) is 0.656. The van der Waals surface area contributed by atoms with Crippen LogP contribution in [0.4, 0.5) is 13.2 Å². The minimum atomic E-state index is -4.38. The Kier molecular flexibility index (Phi) is 7.20. The predicted octanol–water partition coefficient (Wildman–Crippen LogP) is 2.48. The van der Waals surface area contributed by atoms with Crippen LogP contribution in [-0.2, 0) is 24.1 Å². The maximum absolute atomic E-state index is 12.7. The molecule has 1 unspecified atom stereocenters. The minimum Gasteiger partial charge on any atom is -0.489 e. The summed E-state index contributed by atoms with van der Waals surface area (Å²) in [4.78, 5) is 11.5. The number of carbonyl (C=O) groups excluding carboxylic acids is 1. The first-order chi connectivity index (χ1) is 12.8. The Morgan fingerprint density at radius 1 is 1.15 bits per heavy atom. The van der Waals surface area contributed by atoms with Gasteiger partial charge < -0.3 is 15.2 Å². The summed E-state index contributed by atoms with van der Waals surface area (Å²) in [7, 11) is 1.49. The van der Waals surface area contributed by atoms with Crippen molar-refractivity contribution in [3.05, 3.63) is 65.2 Å². The lowest BCUT2D eigenvalue weighted by molar-refractivity contribution is -0.137. The number of nitrogens with one attached hydrogen (secondary N) is 2. The van der Waals surface area contributed by atoms with Crippen molar-refractivity contribution in [2.24, 2.45) is 0 Å². The molecule has 5 nitrogen and oxygen atoms in total. The van der Waals surface area contributed by atoms with Crippen LogP contribution in [0.25, 0.3) is 0 Å². The Labute approximate surface area is 155 Å². The van der Waals surface area contributed by atoms with E-state index in [9.17, 15) is 23.1 Å². The third-order valence-electron chi connectivity index (χ3n) is 3.88. The number of ether oxygens (including phenoxy) is 1. The van der Waals surface area contributed by atoms with Crippen LogP contribution < -0.4 is 15.4 Å². The largest absolute Gasteiger partial charge is 0.489 e. The number of hydrogen-bond acceptors (Lipinski definition) is 4. The molecule has 0 saturated heterocycles. The van der Waals surface area contributed by atoms with Crippen LogP contribution in [0, 0.1) is 0 Å². The molecule has 0 heterocycles. The monoisotopic (exact) mass is 382 g/mol. The second kappa shape index (κ2) is 9.38. The SMILES string of the molecule is CNC(=O)C(CO)NCc1ccc(OCc2cccc(C(F)(F)F)c2)cc1. The van der Waals surface area contributed by atoms with Gasteiger partial charge in [-0.25, -0.2) is 0 Å². The van der Waals surface area contributed by atoms with E-state index in [0.29, 0.717) is 17.9 Å². The van der Waals surface area contributed by atoms with E-state index in [1.807, 2.05) is 0 Å². The molecule has 2 aromatic carbocycles. The van der Waals surface area contributed by atoms with Gasteiger partial charge in [-0.15, -0.1) is 0 Å². The Morgan fingerprint density at radius 3 is 2.44 bits per heavy atom. The number of rotatable bonds is 8. The minimum absolute atomic E-state index is 0.0186. The van der Waals surface area contributed by atoms with Crippen molar-refractivity contribution in [1.82, 2.24) is 10.6 Å². The zero-order chi connectivity index (χ0) is 19.9. The van der Waals surface area contributed by atoms with Gasteiger partial charge in [-0.1, -0.05) is 24.3 Å². The van der Waals surface area contributed by atoms with E-state index in [1.54, 1.807) is 30.3 Å². The second-order valence-corrected chi connectivity index (χ2v) is 5.86. The fourth-order valence-electron chi connectivity index (χ4n) is 2.36. The number of benzene rings is 2. The summed E-state index contributed by atoms with van der Waals surface area (Å²) >= 11 is 0. The summed E-state index contributed by atoms with van der Waals surface area (Å²) in [6, 6.07) is 11.2. The predicted molar refractivity (Wildman–Crippen MR) is 94.0 cm³/mol. The summed E-state index contributed by atoms with van der Waals surface area (Å²) in [5.74, 6) is 0.208. The van der Waals surface area contributed by atoms with E-state index in [4.69, 9.17) is 4.74 Å². The highest BCUT2D eigenvalue weighted by atomic mass is 19.4. The first-order valence-corrected chi connectivity index (χ1v) is 8.27. The molecule has 2 rings (SSSR count). The van der Waals surface area contributed by atoms with Gasteiger partial charge in [0.05, 0.1) is 12.2 Å². The van der Waals surface area contributed by atoms with Gasteiger partial charge in [-0.2, -0.15) is 13.2 Å². The number of halogens is 3. The number of aliphatic hydroxyl groups excluding tert-OH is 1. The van der Waals surface area contributed by atoms with Crippen LogP contribution in [-0.4, -0.2) is 30.7 Å². The summed E-state index contributed by atoms with van der Waals surface area (Å²) in [5, 5.41) is 14.6. The standard InChI is InChI=1S/C19H21F3N2O3/c1-23-18(26)17(11-25)24-10-13-5-7-16(8-6-13)27-12-14-3-2-4-15(9-14)19(20,21)22/h2-9,17,24-25H,10-12H2,1H3,(H,23,26). The Balaban J connectivity index is 1.90. The summed E-state index contributed by atoms with van der Waals surface area (Å²) < 4.78 is 43.7. The highest BCUT2D eigenvalue weighted by Crippen LogP contribution is 2.29. The molecule has 0 fully saturated rings. The highest BCUT2D eigenvalue weighted by Gasteiger charge is 2.30. The van der Waals surface area contributed by atoms with Gasteiger partial charge in [-0.3, -0.25) is 10.1 Å². The average Bonchev–Trinajstić information content (AvgIpc) is 2.67. The lowest BCUT2D eigenvalue weighted by Crippen LogP contribution is -2.44. The molecule has 2 aromatic rings. The molecule has 3 N–H and O–H groups in total. The number of likely N-dealkylation sites (N-methyl/N-ethyl adjacent to an activating group) is 1. The Bertz CT molecular complexity index is 749. The van der Waals surface area contributed by atoms with E-state index in [1.165, 1.54) is 13.1 Å². The van der Waals surface area contributed by atoms with Gasteiger partial charge in [-0.05, 0) is 35.4 Å². The molecule has 0 saturated carbocycles. The highest BCUT2D eigenvalue weighted by molar-refractivity contribution is 5.81. The van der Waals surface area contributed by atoms with Gasteiger partial charge in [0.15, 0.2) is 0 Å². The maximum atomic E-state index is 12.7. The molecule has 0 aliphatic heterocycles. The van der Waals surface area contributed by atoms with Crippen molar-refractivity contribution >= 4 is 5.91 Å². The summed E-state index contributed by atoms with van der Waals surface area (Å²) in [6.45, 7) is 0.0647. The van der Waals surface area contributed by atoms with E-state index < -0.39 is 17.8 Å². The molecule has 146 valence electrons. The lowest BCUT2D eigenvalue weighted by atomic mass is 10.1. The fraction of sp³-hybridized carbons (Fsp3) is 0.316. The number of alkyl halides is 3. The molecule has 1 atom stereocenters. The van der Waals surface area contributed by atoms with Crippen LogP contribution in [0.3, 0.4) is 0 Å². The van der Waals surface area contributed by atoms with Crippen LogP contribution in [0.2, 0.25) is 0 Å². The second-order valence-electron chi connectivity index (χ2n) is 5.86. The van der Waals surface area contributed by atoms with Gasteiger partial charge in [0, 0.05) is 13.6 Å². The van der Waals surface area contributed by atoms with E-state index >= 15 is 0 Å². The van der Waals surface area contributed by atoms with Gasteiger partial charge in [0.2, 0.25) is 5.91 Å². The van der Waals surface area contributed by atoms with E-state index in [-0.39, 0.29) is 19.1 Å². The zero-order valence-corrected chi connectivity index (χ0v) is 14.7. The Morgan fingerprint density at radius 2 is 1.85 bits per heavy atom. The molecule has 0 spiro atoms. The first kappa shape index (κ1) is 20.7. The number of hydrogen-bond donors (Lipinski definition) is 3. The third kappa shape index (κ3) is 6.26. The maximum Gasteiger partial charge on any atom is 0.416 e. The molecule has 0 aliphatic rings. The third-order valence-corrected chi connectivity index (χ3v) is 3.88. The van der Waals surface area contributed by atoms with Gasteiger partial charge >= 0.3 is 6.18 Å². The van der Waals surface area contributed by atoms with Crippen LogP contribution in [0.15, 0.2) is 48.5 Å². The summed E-state index contributed by atoms with van der Waals surface area (Å²) in [6.07, 6.45) is -4.38. The van der Waals surface area contributed by atoms with E-state index in [2.05, 4.69) is 10.6 Å². The van der Waals surface area contributed by atoms with Crippen molar-refractivity contribution in [2.45, 2.75) is 25.4 Å². The van der Waals surface area contributed by atoms with Crippen LogP contribution in [0.1, 0.15) is 16.7 Å². The molecule has 27 heavy (non-hydrogen) atoms. The number of amides is 1. The molecule has 0 radical (unpaired) electrons. The number of carbonyl (C=O) groups is 1. The normalized spacial score (nSPS) is 12.5. The zero-order valence-electron chi connectivity index (χ0n) is 14.7.